The van der Waals surface area contributed by atoms with Crippen molar-refractivity contribution in [1.29, 1.82) is 0 Å². The van der Waals surface area contributed by atoms with Gasteiger partial charge in [0.2, 0.25) is 0 Å². The lowest BCUT2D eigenvalue weighted by Crippen LogP contribution is -2.70. The fraction of sp³-hybridized carbons (Fsp3) is 0.925. The van der Waals surface area contributed by atoms with Crippen molar-refractivity contribution in [2.75, 3.05) is 33.0 Å². The normalized spacial score (nSPS) is 55.2. The van der Waals surface area contributed by atoms with Crippen molar-refractivity contribution < 1.29 is 134 Å². The number of allylic oxidation sites excluding steroid dienone is 2. The quantitative estimate of drug-likeness (QED) is 0.0573. The molecule has 31 unspecified atom stereocenters. The van der Waals surface area contributed by atoms with Crippen LogP contribution in [0.2, 0.25) is 0 Å². The molecular formula is C53H84O27. The summed E-state index contributed by atoms with van der Waals surface area (Å²) in [6.07, 6.45) is -36.0. The van der Waals surface area contributed by atoms with Crippen molar-refractivity contribution in [3.63, 3.8) is 0 Å². The van der Waals surface area contributed by atoms with E-state index in [1.165, 1.54) is 0 Å². The van der Waals surface area contributed by atoms with E-state index in [1.807, 2.05) is 6.92 Å². The first-order valence-corrected chi connectivity index (χ1v) is 27.8. The third-order valence-electron chi connectivity index (χ3n) is 21.4. The smallest absolute Gasteiger partial charge is 0.335 e. The molecule has 27 nitrogen and oxygen atoms in total. The number of carboxylic acids is 2. The minimum atomic E-state index is -2.13. The monoisotopic (exact) mass is 1150 g/mol. The lowest BCUT2D eigenvalue weighted by molar-refractivity contribution is -0.394. The fourth-order valence-corrected chi connectivity index (χ4v) is 16.6. The summed E-state index contributed by atoms with van der Waals surface area (Å²) in [5.74, 6) is -3.92. The Morgan fingerprint density at radius 3 is 1.80 bits per heavy atom. The largest absolute Gasteiger partial charge is 0.481 e. The summed E-state index contributed by atoms with van der Waals surface area (Å²) < 4.78 is 46.9. The van der Waals surface area contributed by atoms with Gasteiger partial charge in [-0.1, -0.05) is 46.3 Å². The van der Waals surface area contributed by atoms with Crippen LogP contribution < -0.4 is 0 Å². The minimum Gasteiger partial charge on any atom is -0.481 e. The number of carboxylic acid groups (broad SMARTS) is 2. The van der Waals surface area contributed by atoms with Gasteiger partial charge in [-0.25, -0.2) is 4.79 Å². The van der Waals surface area contributed by atoms with Gasteiger partial charge < -0.3 is 125 Å². The summed E-state index contributed by atoms with van der Waals surface area (Å²) in [6.45, 7) is 6.78. The third-order valence-corrected chi connectivity index (χ3v) is 21.4. The van der Waals surface area contributed by atoms with Gasteiger partial charge >= 0.3 is 11.9 Å². The van der Waals surface area contributed by atoms with Crippen LogP contribution in [0.4, 0.5) is 0 Å². The molecule has 4 saturated carbocycles. The maximum atomic E-state index is 13.3. The highest BCUT2D eigenvalue weighted by Gasteiger charge is 2.73. The van der Waals surface area contributed by atoms with Crippen LogP contribution in [0.1, 0.15) is 86.0 Å². The SMILES string of the molecule is CC1(CO)CCC2(C(=O)O)C(O)CC3(C)C(=CCC4C5(C)CC(O)C(OC6OC(CO)C(O)C(OC7OCC(OC8OC(C(=O)O)C(O)C(O)C8O)C(O)C7OC7OC(CO)C(O)C(O)C7O)C6O)C(C)(CO)C5CCC43C)C2C1. The molecule has 31 atom stereocenters. The number of aliphatic hydroxyl groups is 15. The number of hydrogen-bond donors (Lipinski definition) is 17. The molecule has 4 heterocycles. The Hall–Kier alpha value is -2.24. The Kier molecular flexibility index (Phi) is 17.6. The molecule has 0 aromatic heterocycles. The summed E-state index contributed by atoms with van der Waals surface area (Å²) in [5.41, 5.74) is -4.30. The van der Waals surface area contributed by atoms with Crippen LogP contribution in [-0.4, -0.2) is 267 Å². The third kappa shape index (κ3) is 9.72. The first-order chi connectivity index (χ1) is 37.5. The number of ether oxygens (including phenoxy) is 8. The number of hydrogen-bond acceptors (Lipinski definition) is 25. The standard InChI is InChI=1S/C53H84O27/c1-48(18-56)10-11-53(47(71)72)21(12-48)20-6-7-27-49(2)13-22(58)41(50(3,19-57)26(49)8-9-51(27,4)52(20,5)14-28(53)59)80-45-37(68)38(30(61)24(16-55)75-45)77-46-40(79-43-35(66)32(63)29(60)23(15-54)74-43)31(62)25(17-73-46)76-44-36(67)33(64)34(65)39(78-44)42(69)70/h6,21-41,43-46,54-68H,7-19H2,1-5H3,(H,69,70)(H,71,72). The van der Waals surface area contributed by atoms with Gasteiger partial charge in [-0.2, -0.15) is 0 Å². The topological polar surface area (TPSA) is 452 Å². The van der Waals surface area contributed by atoms with Crippen LogP contribution in [0.5, 0.6) is 0 Å². The zero-order valence-corrected chi connectivity index (χ0v) is 45.4. The van der Waals surface area contributed by atoms with Gasteiger partial charge in [0.15, 0.2) is 31.3 Å². The molecular weight excluding hydrogens is 1070 g/mol. The highest BCUT2D eigenvalue weighted by Crippen LogP contribution is 2.76. The lowest BCUT2D eigenvalue weighted by Gasteiger charge is -2.72. The van der Waals surface area contributed by atoms with Crippen molar-refractivity contribution in [2.24, 2.45) is 50.2 Å². The Morgan fingerprint density at radius 1 is 0.600 bits per heavy atom. The number of carbonyl (C=O) groups is 2. The molecule has 0 aromatic rings. The molecule has 4 saturated heterocycles. The first kappa shape index (κ1) is 62.3. The Bertz CT molecular complexity index is 2260. The molecule has 0 bridgehead atoms. The van der Waals surface area contributed by atoms with E-state index in [2.05, 4.69) is 26.8 Å². The van der Waals surface area contributed by atoms with Gasteiger partial charge in [0.25, 0.3) is 0 Å². The second-order valence-corrected chi connectivity index (χ2v) is 25.8. The fourth-order valence-electron chi connectivity index (χ4n) is 16.6. The van der Waals surface area contributed by atoms with E-state index < -0.39 is 212 Å². The molecule has 0 amide bonds. The second-order valence-electron chi connectivity index (χ2n) is 25.8. The molecule has 27 heteroatoms. The zero-order chi connectivity index (χ0) is 58.7. The lowest BCUT2D eigenvalue weighted by atomic mass is 9.33. The zero-order valence-electron chi connectivity index (χ0n) is 45.4. The maximum absolute atomic E-state index is 13.3. The Morgan fingerprint density at radius 2 is 1.20 bits per heavy atom. The van der Waals surface area contributed by atoms with Crippen molar-refractivity contribution >= 4 is 11.9 Å². The average Bonchev–Trinajstić information content (AvgIpc) is 3.40. The summed E-state index contributed by atoms with van der Waals surface area (Å²) >= 11 is 0. The predicted molar refractivity (Wildman–Crippen MR) is 263 cm³/mol. The number of rotatable bonds is 14. The van der Waals surface area contributed by atoms with E-state index in [0.717, 1.165) is 5.57 Å². The molecule has 80 heavy (non-hydrogen) atoms. The van der Waals surface area contributed by atoms with Crippen LogP contribution in [0, 0.1) is 50.2 Å². The Balaban J connectivity index is 0.972. The highest BCUT2D eigenvalue weighted by atomic mass is 16.8. The molecule has 17 N–H and O–H groups in total. The van der Waals surface area contributed by atoms with Gasteiger partial charge in [-0.15, -0.1) is 0 Å². The van der Waals surface area contributed by atoms with Gasteiger partial charge in [0.1, 0.15) is 90.9 Å². The first-order valence-electron chi connectivity index (χ1n) is 27.8. The Labute approximate surface area is 461 Å². The van der Waals surface area contributed by atoms with Crippen molar-refractivity contribution in [1.82, 2.24) is 0 Å². The molecule has 0 spiro atoms. The van der Waals surface area contributed by atoms with Crippen molar-refractivity contribution in [3.05, 3.63) is 11.6 Å². The van der Waals surface area contributed by atoms with Gasteiger partial charge in [-0.05, 0) is 90.8 Å². The van der Waals surface area contributed by atoms with E-state index in [1.54, 1.807) is 6.92 Å². The van der Waals surface area contributed by atoms with Gasteiger partial charge in [0, 0.05) is 12.0 Å². The maximum Gasteiger partial charge on any atom is 0.335 e. The molecule has 0 aromatic carbocycles. The van der Waals surface area contributed by atoms with Crippen LogP contribution in [0.15, 0.2) is 11.6 Å². The minimum absolute atomic E-state index is 0.104. The predicted octanol–water partition coefficient (Wildman–Crippen LogP) is -4.85. The van der Waals surface area contributed by atoms with E-state index in [0.29, 0.717) is 32.1 Å². The highest BCUT2D eigenvalue weighted by molar-refractivity contribution is 5.77. The number of aliphatic carboxylic acids is 2. The van der Waals surface area contributed by atoms with Crippen LogP contribution in [0.25, 0.3) is 0 Å². The van der Waals surface area contributed by atoms with Crippen LogP contribution in [-0.2, 0) is 47.5 Å². The molecule has 9 aliphatic rings. The summed E-state index contributed by atoms with van der Waals surface area (Å²) in [4.78, 5) is 25.1. The van der Waals surface area contributed by atoms with E-state index in [9.17, 15) is 96.4 Å². The molecule has 0 radical (unpaired) electrons. The van der Waals surface area contributed by atoms with E-state index >= 15 is 0 Å². The molecule has 458 valence electrons. The summed E-state index contributed by atoms with van der Waals surface area (Å²) in [5, 5.41) is 187. The molecule has 4 aliphatic heterocycles. The van der Waals surface area contributed by atoms with E-state index in [4.69, 9.17) is 37.9 Å². The summed E-state index contributed by atoms with van der Waals surface area (Å²) in [7, 11) is 0. The van der Waals surface area contributed by atoms with Gasteiger partial charge in [0.05, 0.1) is 44.7 Å². The molecule has 8 fully saturated rings. The van der Waals surface area contributed by atoms with E-state index in [-0.39, 0.29) is 37.7 Å². The van der Waals surface area contributed by atoms with Crippen molar-refractivity contribution in [2.45, 2.75) is 221 Å². The van der Waals surface area contributed by atoms with Crippen LogP contribution >= 0.6 is 0 Å². The van der Waals surface area contributed by atoms with Crippen LogP contribution in [0.3, 0.4) is 0 Å². The number of aliphatic hydroxyl groups excluding tert-OH is 15. The summed E-state index contributed by atoms with van der Waals surface area (Å²) in [6, 6.07) is 0. The molecule has 9 rings (SSSR count). The van der Waals surface area contributed by atoms with Gasteiger partial charge in [-0.3, -0.25) is 4.79 Å². The average molecular weight is 1150 g/mol. The second kappa shape index (κ2) is 22.6. The number of fused-ring (bicyclic) bond motifs is 7. The van der Waals surface area contributed by atoms with Crippen molar-refractivity contribution in [3.8, 4) is 0 Å². The molecule has 5 aliphatic carbocycles.